The molecule has 0 atom stereocenters. The zero-order chi connectivity index (χ0) is 16.4. The van der Waals surface area contributed by atoms with Gasteiger partial charge in [0.15, 0.2) is 0 Å². The number of ether oxygens (including phenoxy) is 1. The summed E-state index contributed by atoms with van der Waals surface area (Å²) in [7, 11) is -3.72. The van der Waals surface area contributed by atoms with Crippen LogP contribution in [0.25, 0.3) is 0 Å². The second-order valence-corrected chi connectivity index (χ2v) is 7.36. The summed E-state index contributed by atoms with van der Waals surface area (Å²) in [6, 6.07) is 4.51. The highest BCUT2D eigenvalue weighted by Crippen LogP contribution is 2.20. The first-order valence-electron chi connectivity index (χ1n) is 7.36. The topological polar surface area (TPSA) is 70.2 Å². The lowest BCUT2D eigenvalue weighted by molar-refractivity contribution is 0.0446. The second kappa shape index (κ2) is 6.42. The fourth-order valence-corrected chi connectivity index (χ4v) is 4.02. The SMILES string of the molecule is O=C(N1CCOCC1)N1CCN(S(=O)(=O)c2ccc(F)cc2)C1. The van der Waals surface area contributed by atoms with E-state index in [4.69, 9.17) is 4.74 Å². The van der Waals surface area contributed by atoms with Crippen LogP contribution in [0.2, 0.25) is 0 Å². The fourth-order valence-electron chi connectivity index (χ4n) is 2.63. The van der Waals surface area contributed by atoms with Gasteiger partial charge in [-0.1, -0.05) is 0 Å². The average molecular weight is 343 g/mol. The first kappa shape index (κ1) is 16.2. The van der Waals surface area contributed by atoms with Crippen molar-refractivity contribution in [2.75, 3.05) is 46.1 Å². The summed E-state index contributed by atoms with van der Waals surface area (Å²) in [5.74, 6) is -0.491. The molecular weight excluding hydrogens is 325 g/mol. The van der Waals surface area contributed by atoms with Crippen molar-refractivity contribution >= 4 is 16.1 Å². The van der Waals surface area contributed by atoms with Gasteiger partial charge in [0.2, 0.25) is 10.0 Å². The molecule has 2 heterocycles. The van der Waals surface area contributed by atoms with Crippen LogP contribution in [0, 0.1) is 5.82 Å². The maximum atomic E-state index is 12.9. The van der Waals surface area contributed by atoms with Gasteiger partial charge in [0.05, 0.1) is 24.8 Å². The smallest absolute Gasteiger partial charge is 0.321 e. The van der Waals surface area contributed by atoms with Crippen molar-refractivity contribution in [3.8, 4) is 0 Å². The predicted molar refractivity (Wildman–Crippen MR) is 79.7 cm³/mol. The van der Waals surface area contributed by atoms with Crippen molar-refractivity contribution < 1.29 is 22.3 Å². The molecule has 2 amide bonds. The lowest BCUT2D eigenvalue weighted by Crippen LogP contribution is -2.48. The number of carbonyl (C=O) groups excluding carboxylic acids is 1. The molecule has 0 bridgehead atoms. The molecule has 2 aliphatic heterocycles. The van der Waals surface area contributed by atoms with Crippen LogP contribution >= 0.6 is 0 Å². The molecule has 126 valence electrons. The van der Waals surface area contributed by atoms with Gasteiger partial charge in [-0.15, -0.1) is 0 Å². The van der Waals surface area contributed by atoms with E-state index in [0.717, 1.165) is 12.1 Å². The molecular formula is C14H18FN3O4S. The van der Waals surface area contributed by atoms with Gasteiger partial charge in [0.25, 0.3) is 0 Å². The molecule has 2 saturated heterocycles. The molecule has 3 rings (SSSR count). The number of rotatable bonds is 2. The van der Waals surface area contributed by atoms with Crippen molar-refractivity contribution in [1.82, 2.24) is 14.1 Å². The molecule has 0 radical (unpaired) electrons. The highest BCUT2D eigenvalue weighted by Gasteiger charge is 2.35. The van der Waals surface area contributed by atoms with Gasteiger partial charge in [-0.25, -0.2) is 17.6 Å². The van der Waals surface area contributed by atoms with Gasteiger partial charge >= 0.3 is 6.03 Å². The normalized spacial score (nSPS) is 20.0. The predicted octanol–water partition coefficient (Wildman–Crippen LogP) is 0.542. The Balaban J connectivity index is 1.69. The minimum Gasteiger partial charge on any atom is -0.378 e. The van der Waals surface area contributed by atoms with Gasteiger partial charge in [-0.05, 0) is 24.3 Å². The molecule has 9 heteroatoms. The minimum absolute atomic E-state index is 0.00982. The molecule has 2 aliphatic rings. The summed E-state index contributed by atoms with van der Waals surface area (Å²) >= 11 is 0. The van der Waals surface area contributed by atoms with Crippen molar-refractivity contribution in [2.45, 2.75) is 4.90 Å². The van der Waals surface area contributed by atoms with Crippen LogP contribution in [-0.4, -0.2) is 74.6 Å². The van der Waals surface area contributed by atoms with Crippen LogP contribution < -0.4 is 0 Å². The van der Waals surface area contributed by atoms with Crippen molar-refractivity contribution in [3.63, 3.8) is 0 Å². The van der Waals surface area contributed by atoms with Gasteiger partial charge in [-0.2, -0.15) is 4.31 Å². The minimum atomic E-state index is -3.72. The first-order valence-corrected chi connectivity index (χ1v) is 8.80. The fraction of sp³-hybridized carbons (Fsp3) is 0.500. The third-order valence-electron chi connectivity index (χ3n) is 3.95. The Morgan fingerprint density at radius 2 is 1.65 bits per heavy atom. The van der Waals surface area contributed by atoms with Crippen LogP contribution in [-0.2, 0) is 14.8 Å². The molecule has 0 aliphatic carbocycles. The Morgan fingerprint density at radius 1 is 1.00 bits per heavy atom. The quantitative estimate of drug-likeness (QED) is 0.786. The number of urea groups is 1. The van der Waals surface area contributed by atoms with Gasteiger partial charge in [0.1, 0.15) is 5.82 Å². The molecule has 0 N–H and O–H groups in total. The maximum Gasteiger partial charge on any atom is 0.321 e. The first-order chi connectivity index (χ1) is 11.0. The van der Waals surface area contributed by atoms with Gasteiger partial charge < -0.3 is 14.5 Å². The van der Waals surface area contributed by atoms with E-state index in [9.17, 15) is 17.6 Å². The van der Waals surface area contributed by atoms with Crippen molar-refractivity contribution in [2.24, 2.45) is 0 Å². The van der Waals surface area contributed by atoms with Crippen LogP contribution in [0.5, 0.6) is 0 Å². The zero-order valence-corrected chi connectivity index (χ0v) is 13.3. The van der Waals surface area contributed by atoms with Crippen LogP contribution in [0.15, 0.2) is 29.2 Å². The lowest BCUT2D eigenvalue weighted by Gasteiger charge is -2.30. The third kappa shape index (κ3) is 3.31. The summed E-state index contributed by atoms with van der Waals surface area (Å²) < 4.78 is 44.4. The number of hydrogen-bond donors (Lipinski definition) is 0. The molecule has 1 aromatic carbocycles. The van der Waals surface area contributed by atoms with E-state index < -0.39 is 15.8 Å². The number of benzene rings is 1. The second-order valence-electron chi connectivity index (χ2n) is 5.42. The summed E-state index contributed by atoms with van der Waals surface area (Å²) in [6.07, 6.45) is 0. The number of halogens is 1. The summed E-state index contributed by atoms with van der Waals surface area (Å²) in [4.78, 5) is 15.6. The van der Waals surface area contributed by atoms with Gasteiger partial charge in [0, 0.05) is 26.2 Å². The van der Waals surface area contributed by atoms with Crippen molar-refractivity contribution in [3.05, 3.63) is 30.1 Å². The van der Waals surface area contributed by atoms with Gasteiger partial charge in [-0.3, -0.25) is 0 Å². The highest BCUT2D eigenvalue weighted by molar-refractivity contribution is 7.89. The van der Waals surface area contributed by atoms with E-state index in [1.807, 2.05) is 0 Å². The summed E-state index contributed by atoms with van der Waals surface area (Å²) in [5.41, 5.74) is 0. The Kier molecular flexibility index (Phi) is 4.51. The monoisotopic (exact) mass is 343 g/mol. The number of sulfonamides is 1. The van der Waals surface area contributed by atoms with Crippen LogP contribution in [0.4, 0.5) is 9.18 Å². The Morgan fingerprint density at radius 3 is 2.30 bits per heavy atom. The molecule has 7 nitrogen and oxygen atoms in total. The molecule has 0 saturated carbocycles. The molecule has 0 aromatic heterocycles. The Bertz CT molecular complexity index is 674. The molecule has 23 heavy (non-hydrogen) atoms. The Labute approximate surface area is 134 Å². The summed E-state index contributed by atoms with van der Waals surface area (Å²) in [5, 5.41) is 0. The van der Waals surface area contributed by atoms with E-state index in [2.05, 4.69) is 0 Å². The average Bonchev–Trinajstić information content (AvgIpc) is 3.06. The standard InChI is InChI=1S/C14H18FN3O4S/c15-12-1-3-13(4-2-12)23(20,21)18-6-5-17(11-18)14(19)16-7-9-22-10-8-16/h1-4H,5-11H2. The van der Waals surface area contributed by atoms with E-state index in [-0.39, 0.29) is 24.1 Å². The molecule has 0 unspecified atom stereocenters. The highest BCUT2D eigenvalue weighted by atomic mass is 32.2. The van der Waals surface area contributed by atoms with E-state index in [0.29, 0.717) is 32.8 Å². The number of amides is 2. The number of nitrogens with zero attached hydrogens (tertiary/aromatic N) is 3. The van der Waals surface area contributed by atoms with E-state index in [1.165, 1.54) is 21.3 Å². The zero-order valence-electron chi connectivity index (χ0n) is 12.5. The lowest BCUT2D eigenvalue weighted by atomic mass is 10.4. The number of hydrogen-bond acceptors (Lipinski definition) is 4. The summed E-state index contributed by atoms with van der Waals surface area (Å²) in [6.45, 7) is 2.61. The van der Waals surface area contributed by atoms with Crippen molar-refractivity contribution in [1.29, 1.82) is 0 Å². The molecule has 2 fully saturated rings. The van der Waals surface area contributed by atoms with E-state index in [1.54, 1.807) is 4.90 Å². The Hall–Kier alpha value is -1.71. The maximum absolute atomic E-state index is 12.9. The number of morpholine rings is 1. The van der Waals surface area contributed by atoms with Crippen LogP contribution in [0.1, 0.15) is 0 Å². The number of carbonyl (C=O) groups is 1. The van der Waals surface area contributed by atoms with E-state index >= 15 is 0 Å². The third-order valence-corrected chi connectivity index (χ3v) is 5.80. The molecule has 1 aromatic rings. The largest absolute Gasteiger partial charge is 0.378 e. The van der Waals surface area contributed by atoms with Crippen LogP contribution in [0.3, 0.4) is 0 Å². The molecule has 0 spiro atoms.